The molecule has 0 atom stereocenters. The Morgan fingerprint density at radius 3 is 2.35 bits per heavy atom. The molecule has 1 heterocycles. The lowest BCUT2D eigenvalue weighted by Crippen LogP contribution is -2.27. The van der Waals surface area contributed by atoms with E-state index in [-0.39, 0.29) is 0 Å². The van der Waals surface area contributed by atoms with Crippen molar-refractivity contribution in [2.24, 2.45) is 5.92 Å². The van der Waals surface area contributed by atoms with Crippen molar-refractivity contribution in [1.29, 1.82) is 0 Å². The zero-order valence-corrected chi connectivity index (χ0v) is 15.3. The summed E-state index contributed by atoms with van der Waals surface area (Å²) in [4.78, 5) is 0. The average molecular weight is 325 g/mol. The zero-order valence-electron chi connectivity index (χ0n) is 14.1. The van der Waals surface area contributed by atoms with Gasteiger partial charge in [-0.1, -0.05) is 79.7 Å². The van der Waals surface area contributed by atoms with E-state index in [1.807, 2.05) is 0 Å². The minimum atomic E-state index is -0.714. The number of hydrogen-bond acceptors (Lipinski definition) is 1. The van der Waals surface area contributed by atoms with Gasteiger partial charge in [-0.2, -0.15) is 0 Å². The Morgan fingerprint density at radius 2 is 1.57 bits per heavy atom. The Bertz CT molecular complexity index is 654. The van der Waals surface area contributed by atoms with Gasteiger partial charge in [0, 0.05) is 5.39 Å². The molecule has 0 amide bonds. The van der Waals surface area contributed by atoms with Crippen LogP contribution in [-0.4, -0.2) is 15.4 Å². The molecule has 0 N–H and O–H groups in total. The Balaban J connectivity index is 1.58. The number of hydrogen-bond donors (Lipinski definition) is 0. The summed E-state index contributed by atoms with van der Waals surface area (Å²) in [5, 5.41) is 4.51. The van der Waals surface area contributed by atoms with Crippen molar-refractivity contribution < 1.29 is 4.74 Å². The van der Waals surface area contributed by atoms with Gasteiger partial charge in [-0.15, -0.1) is 0 Å². The van der Waals surface area contributed by atoms with Crippen LogP contribution in [0.15, 0.2) is 36.4 Å². The number of rotatable bonds is 4. The molecule has 0 aromatic heterocycles. The van der Waals surface area contributed by atoms with Crippen molar-refractivity contribution in [1.82, 2.24) is 0 Å². The predicted octanol–water partition coefficient (Wildman–Crippen LogP) is 5.03. The van der Waals surface area contributed by atoms with E-state index in [9.17, 15) is 0 Å². The zero-order chi connectivity index (χ0) is 15.5. The Labute approximate surface area is 141 Å². The van der Waals surface area contributed by atoms with Gasteiger partial charge in [0.15, 0.2) is 0 Å². The van der Waals surface area contributed by atoms with E-state index in [1.165, 1.54) is 67.8 Å². The summed E-state index contributed by atoms with van der Waals surface area (Å²) in [5.41, 5.74) is 0. The van der Waals surface area contributed by atoms with Crippen molar-refractivity contribution in [2.75, 3.05) is 6.61 Å². The molecule has 0 bridgehead atoms. The van der Waals surface area contributed by atoms with Gasteiger partial charge in [0.2, 0.25) is 0 Å². The second-order valence-electron chi connectivity index (χ2n) is 7.49. The molecule has 2 heteroatoms. The highest BCUT2D eigenvalue weighted by Gasteiger charge is 2.22. The van der Waals surface area contributed by atoms with Crippen LogP contribution in [0.1, 0.15) is 44.9 Å². The van der Waals surface area contributed by atoms with E-state index in [0.29, 0.717) is 0 Å². The van der Waals surface area contributed by atoms with Crippen LogP contribution in [0.25, 0.3) is 10.8 Å². The van der Waals surface area contributed by atoms with Gasteiger partial charge in [-0.05, 0) is 30.2 Å². The molecule has 1 saturated carbocycles. The fourth-order valence-corrected chi connectivity index (χ4v) is 8.11. The van der Waals surface area contributed by atoms with Gasteiger partial charge in [-0.3, -0.25) is 0 Å². The van der Waals surface area contributed by atoms with Crippen LogP contribution in [0.2, 0.25) is 12.1 Å². The van der Waals surface area contributed by atoms with Crippen LogP contribution in [0.4, 0.5) is 0 Å². The largest absolute Gasteiger partial charge is 0.493 e. The lowest BCUT2D eigenvalue weighted by atomic mass is 9.90. The molecule has 1 saturated heterocycles. The Kier molecular flexibility index (Phi) is 4.70. The molecular formula is C21H28OSi. The third-order valence-corrected chi connectivity index (χ3v) is 9.51. The maximum Gasteiger partial charge on any atom is 0.127 e. The molecule has 1 nitrogen and oxygen atoms in total. The van der Waals surface area contributed by atoms with Crippen LogP contribution in [0.5, 0.6) is 5.75 Å². The number of fused-ring (bicyclic) bond motifs is 1. The molecule has 0 radical (unpaired) electrons. The molecular weight excluding hydrogens is 296 g/mol. The summed E-state index contributed by atoms with van der Waals surface area (Å²) >= 11 is 0. The van der Waals surface area contributed by atoms with Gasteiger partial charge in [0.25, 0.3) is 0 Å². The Hall–Kier alpha value is -1.28. The van der Waals surface area contributed by atoms with Crippen LogP contribution in [0, 0.1) is 5.92 Å². The summed E-state index contributed by atoms with van der Waals surface area (Å²) in [6.07, 6.45) is 9.80. The van der Waals surface area contributed by atoms with E-state index in [4.69, 9.17) is 4.74 Å². The summed E-state index contributed by atoms with van der Waals surface area (Å²) in [6, 6.07) is 16.6. The smallest absolute Gasteiger partial charge is 0.127 e. The monoisotopic (exact) mass is 324 g/mol. The minimum Gasteiger partial charge on any atom is -0.493 e. The van der Waals surface area contributed by atoms with Gasteiger partial charge >= 0.3 is 0 Å². The van der Waals surface area contributed by atoms with Crippen molar-refractivity contribution in [3.63, 3.8) is 0 Å². The fraction of sp³-hybridized carbons (Fsp3) is 0.524. The summed E-state index contributed by atoms with van der Waals surface area (Å²) in [5.74, 6) is 1.88. The first-order valence-corrected chi connectivity index (χ1v) is 11.8. The summed E-state index contributed by atoms with van der Waals surface area (Å²) in [7, 11) is -0.714. The third-order valence-electron chi connectivity index (χ3n) is 5.91. The van der Waals surface area contributed by atoms with Crippen LogP contribution >= 0.6 is 0 Å². The second kappa shape index (κ2) is 7.08. The molecule has 1 aliphatic heterocycles. The molecule has 122 valence electrons. The number of benzene rings is 2. The molecule has 2 aromatic rings. The van der Waals surface area contributed by atoms with Crippen LogP contribution < -0.4 is 9.92 Å². The first kappa shape index (κ1) is 15.3. The highest BCUT2D eigenvalue weighted by molar-refractivity contribution is 6.76. The highest BCUT2D eigenvalue weighted by Crippen LogP contribution is 2.30. The first-order chi connectivity index (χ1) is 11.4. The molecule has 23 heavy (non-hydrogen) atoms. The van der Waals surface area contributed by atoms with Gasteiger partial charge in [-0.25, -0.2) is 0 Å². The standard InChI is InChI=1S/C21H28OSi/c1-2-8-17(9-3-1)16-22-20-12-13-21(23-14-6-7-15-23)19-11-5-4-10-18(19)20/h4-5,10-13,17,23H,1-3,6-9,14-16H2. The second-order valence-corrected chi connectivity index (χ2v) is 10.7. The molecule has 1 aliphatic carbocycles. The van der Waals surface area contributed by atoms with E-state index < -0.39 is 8.80 Å². The molecule has 4 rings (SSSR count). The molecule has 0 unspecified atom stereocenters. The normalized spacial score (nSPS) is 20.2. The topological polar surface area (TPSA) is 9.23 Å². The quantitative estimate of drug-likeness (QED) is 0.717. The average Bonchev–Trinajstić information content (AvgIpc) is 3.15. The summed E-state index contributed by atoms with van der Waals surface area (Å²) < 4.78 is 6.29. The first-order valence-electron chi connectivity index (χ1n) is 9.56. The predicted molar refractivity (Wildman–Crippen MR) is 102 cm³/mol. The van der Waals surface area contributed by atoms with Gasteiger partial charge in [0.05, 0.1) is 15.4 Å². The van der Waals surface area contributed by atoms with Gasteiger partial charge < -0.3 is 4.74 Å². The van der Waals surface area contributed by atoms with Crippen molar-refractivity contribution in [2.45, 2.75) is 57.0 Å². The van der Waals surface area contributed by atoms with Crippen molar-refractivity contribution in [3.05, 3.63) is 36.4 Å². The molecule has 0 spiro atoms. The van der Waals surface area contributed by atoms with E-state index in [0.717, 1.165) is 18.3 Å². The van der Waals surface area contributed by atoms with Crippen LogP contribution in [0.3, 0.4) is 0 Å². The van der Waals surface area contributed by atoms with Crippen molar-refractivity contribution in [3.8, 4) is 5.75 Å². The van der Waals surface area contributed by atoms with Crippen molar-refractivity contribution >= 4 is 24.8 Å². The van der Waals surface area contributed by atoms with Gasteiger partial charge in [0.1, 0.15) is 5.75 Å². The molecule has 2 fully saturated rings. The van der Waals surface area contributed by atoms with E-state index >= 15 is 0 Å². The SMILES string of the molecule is c1ccc2c([SiH]3CCCC3)ccc(OCC3CCCCC3)c2c1. The maximum absolute atomic E-state index is 6.29. The highest BCUT2D eigenvalue weighted by atomic mass is 28.3. The van der Waals surface area contributed by atoms with Crippen LogP contribution in [-0.2, 0) is 0 Å². The Morgan fingerprint density at radius 1 is 0.826 bits per heavy atom. The fourth-order valence-electron chi connectivity index (χ4n) is 4.57. The maximum atomic E-state index is 6.29. The number of ether oxygens (including phenoxy) is 1. The molecule has 2 aliphatic rings. The lowest BCUT2D eigenvalue weighted by Gasteiger charge is -2.22. The summed E-state index contributed by atoms with van der Waals surface area (Å²) in [6.45, 7) is 0.907. The van der Waals surface area contributed by atoms with E-state index in [1.54, 1.807) is 5.19 Å². The minimum absolute atomic E-state index is 0.714. The van der Waals surface area contributed by atoms with E-state index in [2.05, 4.69) is 36.4 Å². The molecule has 2 aromatic carbocycles. The third kappa shape index (κ3) is 3.33. The lowest BCUT2D eigenvalue weighted by molar-refractivity contribution is 0.210.